The standard InChI is InChI=1S/C13H16N4O3/c1-3-8-6-15-11(20-8)7-16-12-9(14)4-5-10(17-12)13(18)19-2/h4-6H,3,7,14H2,1-2H3,(H,16,17). The molecule has 2 rings (SSSR count). The molecule has 0 aromatic carbocycles. The summed E-state index contributed by atoms with van der Waals surface area (Å²) in [5, 5.41) is 2.99. The normalized spacial score (nSPS) is 10.3. The van der Waals surface area contributed by atoms with Crippen LogP contribution in [0, 0.1) is 0 Å². The number of carbonyl (C=O) groups is 1. The maximum absolute atomic E-state index is 11.4. The molecule has 0 saturated carbocycles. The second-order valence-electron chi connectivity index (χ2n) is 4.05. The number of aromatic nitrogens is 2. The highest BCUT2D eigenvalue weighted by molar-refractivity contribution is 5.88. The number of hydrogen-bond donors (Lipinski definition) is 2. The Morgan fingerprint density at radius 3 is 2.95 bits per heavy atom. The topological polar surface area (TPSA) is 103 Å². The molecule has 0 unspecified atom stereocenters. The van der Waals surface area contributed by atoms with Gasteiger partial charge in [-0.05, 0) is 12.1 Å². The third kappa shape index (κ3) is 3.05. The van der Waals surface area contributed by atoms with Crippen LogP contribution in [0.4, 0.5) is 11.5 Å². The zero-order chi connectivity index (χ0) is 14.5. The molecule has 3 N–H and O–H groups in total. The van der Waals surface area contributed by atoms with Gasteiger partial charge in [-0.25, -0.2) is 14.8 Å². The maximum atomic E-state index is 11.4. The van der Waals surface area contributed by atoms with Gasteiger partial charge >= 0.3 is 5.97 Å². The monoisotopic (exact) mass is 276 g/mol. The van der Waals surface area contributed by atoms with Crippen LogP contribution >= 0.6 is 0 Å². The van der Waals surface area contributed by atoms with Crippen molar-refractivity contribution in [2.24, 2.45) is 0 Å². The molecule has 0 radical (unpaired) electrons. The molecule has 0 bridgehead atoms. The summed E-state index contributed by atoms with van der Waals surface area (Å²) < 4.78 is 10.1. The highest BCUT2D eigenvalue weighted by atomic mass is 16.5. The molecule has 0 aliphatic carbocycles. The predicted molar refractivity (Wildman–Crippen MR) is 73.2 cm³/mol. The molecule has 106 valence electrons. The highest BCUT2D eigenvalue weighted by Crippen LogP contribution is 2.17. The average molecular weight is 276 g/mol. The van der Waals surface area contributed by atoms with Gasteiger partial charge in [0.1, 0.15) is 5.76 Å². The molecular weight excluding hydrogens is 260 g/mol. The van der Waals surface area contributed by atoms with Gasteiger partial charge in [0, 0.05) is 6.42 Å². The summed E-state index contributed by atoms with van der Waals surface area (Å²) in [5.74, 6) is 1.22. The Morgan fingerprint density at radius 2 is 2.30 bits per heavy atom. The lowest BCUT2D eigenvalue weighted by atomic mass is 10.3. The van der Waals surface area contributed by atoms with E-state index in [1.54, 1.807) is 12.3 Å². The van der Waals surface area contributed by atoms with E-state index in [0.717, 1.165) is 12.2 Å². The van der Waals surface area contributed by atoms with E-state index in [0.29, 0.717) is 23.9 Å². The lowest BCUT2D eigenvalue weighted by Gasteiger charge is -2.08. The Kier molecular flexibility index (Phi) is 4.19. The summed E-state index contributed by atoms with van der Waals surface area (Å²) in [6.07, 6.45) is 2.46. The van der Waals surface area contributed by atoms with E-state index < -0.39 is 5.97 Å². The molecule has 7 nitrogen and oxygen atoms in total. The average Bonchev–Trinajstić information content (AvgIpc) is 2.93. The third-order valence-corrected chi connectivity index (χ3v) is 2.68. The number of esters is 1. The van der Waals surface area contributed by atoms with Gasteiger partial charge in [-0.3, -0.25) is 0 Å². The number of methoxy groups -OCH3 is 1. The van der Waals surface area contributed by atoms with Crippen molar-refractivity contribution in [2.45, 2.75) is 19.9 Å². The van der Waals surface area contributed by atoms with Gasteiger partial charge < -0.3 is 20.2 Å². The number of nitrogens with zero attached hydrogens (tertiary/aromatic N) is 2. The van der Waals surface area contributed by atoms with Crippen molar-refractivity contribution < 1.29 is 13.9 Å². The number of oxazole rings is 1. The maximum Gasteiger partial charge on any atom is 0.356 e. The van der Waals surface area contributed by atoms with Crippen LogP contribution in [0.1, 0.15) is 29.1 Å². The van der Waals surface area contributed by atoms with Crippen molar-refractivity contribution in [3.05, 3.63) is 35.7 Å². The Labute approximate surface area is 116 Å². The third-order valence-electron chi connectivity index (χ3n) is 2.68. The van der Waals surface area contributed by atoms with Crippen LogP contribution in [-0.4, -0.2) is 23.0 Å². The van der Waals surface area contributed by atoms with E-state index in [1.807, 2.05) is 6.92 Å². The minimum atomic E-state index is -0.516. The van der Waals surface area contributed by atoms with Gasteiger partial charge in [0.15, 0.2) is 11.5 Å². The number of hydrogen-bond acceptors (Lipinski definition) is 7. The van der Waals surface area contributed by atoms with Crippen LogP contribution in [0.5, 0.6) is 0 Å². The van der Waals surface area contributed by atoms with Crippen LogP contribution in [0.2, 0.25) is 0 Å². The van der Waals surface area contributed by atoms with Gasteiger partial charge in [0.05, 0.1) is 25.5 Å². The van der Waals surface area contributed by atoms with Crippen molar-refractivity contribution in [3.8, 4) is 0 Å². The fourth-order valence-corrected chi connectivity index (χ4v) is 1.58. The van der Waals surface area contributed by atoms with Gasteiger partial charge in [0.2, 0.25) is 5.89 Å². The Balaban J connectivity index is 2.10. The van der Waals surface area contributed by atoms with E-state index >= 15 is 0 Å². The lowest BCUT2D eigenvalue weighted by Crippen LogP contribution is -2.10. The summed E-state index contributed by atoms with van der Waals surface area (Å²) in [6.45, 7) is 2.32. The second kappa shape index (κ2) is 6.05. The van der Waals surface area contributed by atoms with Crippen molar-refractivity contribution >= 4 is 17.5 Å². The molecule has 0 fully saturated rings. The molecule has 0 spiro atoms. The number of nitrogens with one attached hydrogen (secondary N) is 1. The minimum absolute atomic E-state index is 0.186. The first-order valence-electron chi connectivity index (χ1n) is 6.16. The van der Waals surface area contributed by atoms with Gasteiger partial charge in [0.25, 0.3) is 0 Å². The molecule has 0 amide bonds. The van der Waals surface area contributed by atoms with Crippen LogP contribution in [-0.2, 0) is 17.7 Å². The molecule has 0 saturated heterocycles. The Bertz CT molecular complexity index is 609. The first-order chi connectivity index (χ1) is 9.63. The fourth-order valence-electron chi connectivity index (χ4n) is 1.58. The number of nitrogen functional groups attached to an aromatic ring is 1. The minimum Gasteiger partial charge on any atom is -0.464 e. The number of nitrogens with two attached hydrogens (primary N) is 1. The first kappa shape index (κ1) is 13.9. The summed E-state index contributed by atoms with van der Waals surface area (Å²) in [4.78, 5) is 19.6. The molecule has 20 heavy (non-hydrogen) atoms. The molecule has 0 aliphatic heterocycles. The van der Waals surface area contributed by atoms with E-state index in [1.165, 1.54) is 13.2 Å². The molecule has 7 heteroatoms. The Morgan fingerprint density at radius 1 is 1.50 bits per heavy atom. The lowest BCUT2D eigenvalue weighted by molar-refractivity contribution is 0.0594. The van der Waals surface area contributed by atoms with Gasteiger partial charge in [-0.1, -0.05) is 6.92 Å². The number of pyridine rings is 1. The van der Waals surface area contributed by atoms with Crippen LogP contribution in [0.3, 0.4) is 0 Å². The number of rotatable bonds is 5. The SMILES string of the molecule is CCc1cnc(CNc2nc(C(=O)OC)ccc2N)o1. The summed E-state index contributed by atoms with van der Waals surface area (Å²) >= 11 is 0. The van der Waals surface area contributed by atoms with Crippen LogP contribution in [0.15, 0.2) is 22.7 Å². The quantitative estimate of drug-likeness (QED) is 0.799. The summed E-state index contributed by atoms with van der Waals surface area (Å²) in [7, 11) is 1.30. The molecular formula is C13H16N4O3. The van der Waals surface area contributed by atoms with Crippen molar-refractivity contribution in [3.63, 3.8) is 0 Å². The highest BCUT2D eigenvalue weighted by Gasteiger charge is 2.11. The Hall–Kier alpha value is -2.57. The first-order valence-corrected chi connectivity index (χ1v) is 6.16. The van der Waals surface area contributed by atoms with Gasteiger partial charge in [-0.15, -0.1) is 0 Å². The fraction of sp³-hybridized carbons (Fsp3) is 0.308. The number of anilines is 2. The van der Waals surface area contributed by atoms with Gasteiger partial charge in [-0.2, -0.15) is 0 Å². The largest absolute Gasteiger partial charge is 0.464 e. The van der Waals surface area contributed by atoms with E-state index in [9.17, 15) is 4.79 Å². The van der Waals surface area contributed by atoms with Crippen molar-refractivity contribution in [1.82, 2.24) is 9.97 Å². The molecule has 2 heterocycles. The van der Waals surface area contributed by atoms with E-state index in [-0.39, 0.29) is 5.69 Å². The van der Waals surface area contributed by atoms with Crippen LogP contribution in [0.25, 0.3) is 0 Å². The number of ether oxygens (including phenoxy) is 1. The number of carbonyl (C=O) groups excluding carboxylic acids is 1. The van der Waals surface area contributed by atoms with E-state index in [4.69, 9.17) is 10.2 Å². The molecule has 0 aliphatic rings. The van der Waals surface area contributed by atoms with Crippen molar-refractivity contribution in [1.29, 1.82) is 0 Å². The van der Waals surface area contributed by atoms with E-state index in [2.05, 4.69) is 20.0 Å². The molecule has 2 aromatic heterocycles. The molecule has 2 aromatic rings. The van der Waals surface area contributed by atoms with Crippen molar-refractivity contribution in [2.75, 3.05) is 18.2 Å². The summed E-state index contributed by atoms with van der Waals surface area (Å²) in [6, 6.07) is 3.10. The number of aryl methyl sites for hydroxylation is 1. The zero-order valence-electron chi connectivity index (χ0n) is 11.3. The van der Waals surface area contributed by atoms with Crippen LogP contribution < -0.4 is 11.1 Å². The second-order valence-corrected chi connectivity index (χ2v) is 4.05. The molecule has 0 atom stereocenters. The smallest absolute Gasteiger partial charge is 0.356 e. The zero-order valence-corrected chi connectivity index (χ0v) is 11.3. The summed E-state index contributed by atoms with van der Waals surface area (Å²) in [5.41, 5.74) is 6.41. The predicted octanol–water partition coefficient (Wildman–Crippen LogP) is 1.61.